The average Bonchev–Trinajstić information content (AvgIpc) is 2.82. The monoisotopic (exact) mass is 249 g/mol. The topological polar surface area (TPSA) is 29.1 Å². The zero-order valence-corrected chi connectivity index (χ0v) is 9.97. The number of halogens is 1. The van der Waals surface area contributed by atoms with Crippen LogP contribution in [0.1, 0.15) is 15.9 Å². The van der Waals surface area contributed by atoms with E-state index in [9.17, 15) is 9.18 Å². The maximum atomic E-state index is 12.9. The van der Waals surface area contributed by atoms with Crippen molar-refractivity contribution in [3.05, 3.63) is 58.0 Å². The lowest BCUT2D eigenvalue weighted by atomic mass is 10.2. The number of amides is 1. The molecule has 0 bridgehead atoms. The molecule has 2 aromatic rings. The summed E-state index contributed by atoms with van der Waals surface area (Å²) in [6.07, 6.45) is 0.796. The van der Waals surface area contributed by atoms with Crippen LogP contribution in [0.25, 0.3) is 0 Å². The van der Waals surface area contributed by atoms with Gasteiger partial charge in [-0.3, -0.25) is 4.79 Å². The fraction of sp³-hybridized carbons (Fsp3) is 0.154. The number of hydrogen-bond acceptors (Lipinski definition) is 2. The van der Waals surface area contributed by atoms with Crippen LogP contribution in [0.4, 0.5) is 4.39 Å². The van der Waals surface area contributed by atoms with Gasteiger partial charge in [-0.1, -0.05) is 6.07 Å². The van der Waals surface area contributed by atoms with Crippen LogP contribution in [0.3, 0.4) is 0 Å². The number of carbonyl (C=O) groups excluding carboxylic acids is 1. The van der Waals surface area contributed by atoms with Crippen LogP contribution in [0.15, 0.2) is 41.1 Å². The van der Waals surface area contributed by atoms with Gasteiger partial charge in [-0.15, -0.1) is 0 Å². The standard InChI is InChI=1S/C13H12FNOS/c14-12-3-1-2-11(8-12)13(16)15-6-4-10-5-7-17-9-10/h1-3,5,7-9H,4,6H2,(H,15,16). The number of benzene rings is 1. The van der Waals surface area contributed by atoms with Crippen LogP contribution in [0.2, 0.25) is 0 Å². The first-order valence-corrected chi connectivity index (χ1v) is 6.25. The molecule has 88 valence electrons. The van der Waals surface area contributed by atoms with E-state index in [4.69, 9.17) is 0 Å². The van der Waals surface area contributed by atoms with E-state index in [0.717, 1.165) is 6.42 Å². The first-order chi connectivity index (χ1) is 8.25. The van der Waals surface area contributed by atoms with E-state index in [1.165, 1.54) is 23.8 Å². The molecule has 0 saturated heterocycles. The molecule has 1 aromatic carbocycles. The minimum Gasteiger partial charge on any atom is -0.352 e. The molecule has 2 rings (SSSR count). The largest absolute Gasteiger partial charge is 0.352 e. The fourth-order valence-electron chi connectivity index (χ4n) is 1.49. The van der Waals surface area contributed by atoms with Gasteiger partial charge in [-0.05, 0) is 47.0 Å². The second-order valence-electron chi connectivity index (χ2n) is 3.65. The van der Waals surface area contributed by atoms with E-state index < -0.39 is 5.82 Å². The Morgan fingerprint density at radius 1 is 1.35 bits per heavy atom. The maximum absolute atomic E-state index is 12.9. The van der Waals surface area contributed by atoms with Crippen LogP contribution >= 0.6 is 11.3 Å². The molecule has 1 heterocycles. The van der Waals surface area contributed by atoms with Crippen LogP contribution < -0.4 is 5.32 Å². The molecule has 0 aliphatic heterocycles. The van der Waals surface area contributed by atoms with Crippen molar-refractivity contribution >= 4 is 17.2 Å². The molecule has 0 fully saturated rings. The van der Waals surface area contributed by atoms with Gasteiger partial charge >= 0.3 is 0 Å². The van der Waals surface area contributed by atoms with E-state index in [1.807, 2.05) is 16.8 Å². The minimum absolute atomic E-state index is 0.236. The first kappa shape index (κ1) is 11.8. The van der Waals surface area contributed by atoms with Gasteiger partial charge in [0.1, 0.15) is 5.82 Å². The van der Waals surface area contributed by atoms with Gasteiger partial charge in [0.15, 0.2) is 0 Å². The first-order valence-electron chi connectivity index (χ1n) is 5.30. The van der Waals surface area contributed by atoms with E-state index in [1.54, 1.807) is 17.4 Å². The summed E-state index contributed by atoms with van der Waals surface area (Å²) in [5.74, 6) is -0.629. The normalized spacial score (nSPS) is 10.2. The van der Waals surface area contributed by atoms with Crippen molar-refractivity contribution in [3.63, 3.8) is 0 Å². The Bertz CT molecular complexity index is 496. The molecular weight excluding hydrogens is 237 g/mol. The lowest BCUT2D eigenvalue weighted by Crippen LogP contribution is -2.25. The summed E-state index contributed by atoms with van der Waals surface area (Å²) in [6, 6.07) is 7.72. The second-order valence-corrected chi connectivity index (χ2v) is 4.43. The summed E-state index contributed by atoms with van der Waals surface area (Å²) in [5.41, 5.74) is 1.56. The Morgan fingerprint density at radius 2 is 2.24 bits per heavy atom. The number of hydrogen-bond donors (Lipinski definition) is 1. The van der Waals surface area contributed by atoms with Gasteiger partial charge < -0.3 is 5.32 Å². The number of carbonyl (C=O) groups is 1. The van der Waals surface area contributed by atoms with Crippen molar-refractivity contribution in [2.75, 3.05) is 6.54 Å². The molecular formula is C13H12FNOS. The molecule has 1 aromatic heterocycles. The summed E-state index contributed by atoms with van der Waals surface area (Å²) in [4.78, 5) is 11.7. The molecule has 0 radical (unpaired) electrons. The highest BCUT2D eigenvalue weighted by atomic mass is 32.1. The molecule has 0 saturated carbocycles. The summed E-state index contributed by atoms with van der Waals surface area (Å²) < 4.78 is 12.9. The van der Waals surface area contributed by atoms with Crippen molar-refractivity contribution in [2.45, 2.75) is 6.42 Å². The van der Waals surface area contributed by atoms with E-state index in [-0.39, 0.29) is 5.91 Å². The minimum atomic E-state index is -0.393. The quantitative estimate of drug-likeness (QED) is 0.887. The van der Waals surface area contributed by atoms with Crippen LogP contribution in [0, 0.1) is 5.82 Å². The molecule has 0 aliphatic carbocycles. The Morgan fingerprint density at radius 3 is 2.94 bits per heavy atom. The van der Waals surface area contributed by atoms with Gasteiger partial charge in [-0.2, -0.15) is 11.3 Å². The van der Waals surface area contributed by atoms with E-state index in [2.05, 4.69) is 5.32 Å². The van der Waals surface area contributed by atoms with Crippen molar-refractivity contribution in [2.24, 2.45) is 0 Å². The summed E-state index contributed by atoms with van der Waals surface area (Å²) in [6.45, 7) is 0.562. The molecule has 17 heavy (non-hydrogen) atoms. The third-order valence-electron chi connectivity index (χ3n) is 2.37. The van der Waals surface area contributed by atoms with E-state index >= 15 is 0 Å². The summed E-state index contributed by atoms with van der Waals surface area (Å²) in [7, 11) is 0. The predicted molar refractivity (Wildman–Crippen MR) is 66.8 cm³/mol. The number of nitrogens with one attached hydrogen (secondary N) is 1. The zero-order chi connectivity index (χ0) is 12.1. The zero-order valence-electron chi connectivity index (χ0n) is 9.15. The Balaban J connectivity index is 1.85. The molecule has 0 aliphatic rings. The van der Waals surface area contributed by atoms with Gasteiger partial charge in [-0.25, -0.2) is 4.39 Å². The third-order valence-corrected chi connectivity index (χ3v) is 3.10. The van der Waals surface area contributed by atoms with Gasteiger partial charge in [0.05, 0.1) is 0 Å². The molecule has 0 atom stereocenters. The number of thiophene rings is 1. The SMILES string of the molecule is O=C(NCCc1ccsc1)c1cccc(F)c1. The smallest absolute Gasteiger partial charge is 0.251 e. The Kier molecular flexibility index (Phi) is 3.88. The van der Waals surface area contributed by atoms with Gasteiger partial charge in [0, 0.05) is 12.1 Å². The maximum Gasteiger partial charge on any atom is 0.251 e. The van der Waals surface area contributed by atoms with Crippen molar-refractivity contribution < 1.29 is 9.18 Å². The van der Waals surface area contributed by atoms with Crippen LogP contribution in [0.5, 0.6) is 0 Å². The molecule has 0 unspecified atom stereocenters. The predicted octanol–water partition coefficient (Wildman–Crippen LogP) is 2.86. The molecule has 2 nitrogen and oxygen atoms in total. The van der Waals surface area contributed by atoms with Crippen molar-refractivity contribution in [1.82, 2.24) is 5.32 Å². The highest BCUT2D eigenvalue weighted by Crippen LogP contribution is 2.06. The van der Waals surface area contributed by atoms with Gasteiger partial charge in [0.2, 0.25) is 0 Å². The molecule has 1 N–H and O–H groups in total. The highest BCUT2D eigenvalue weighted by molar-refractivity contribution is 7.07. The second kappa shape index (κ2) is 5.59. The van der Waals surface area contributed by atoms with Crippen LogP contribution in [-0.4, -0.2) is 12.5 Å². The molecule has 1 amide bonds. The summed E-state index contributed by atoms with van der Waals surface area (Å²) in [5, 5.41) is 6.82. The van der Waals surface area contributed by atoms with Crippen molar-refractivity contribution in [3.8, 4) is 0 Å². The lowest BCUT2D eigenvalue weighted by Gasteiger charge is -2.04. The highest BCUT2D eigenvalue weighted by Gasteiger charge is 2.05. The molecule has 4 heteroatoms. The van der Waals surface area contributed by atoms with Crippen molar-refractivity contribution in [1.29, 1.82) is 0 Å². The van der Waals surface area contributed by atoms with Gasteiger partial charge in [0.25, 0.3) is 5.91 Å². The third kappa shape index (κ3) is 3.39. The van der Waals surface area contributed by atoms with E-state index in [0.29, 0.717) is 12.1 Å². The number of rotatable bonds is 4. The Labute approximate surface area is 103 Å². The average molecular weight is 249 g/mol. The summed E-state index contributed by atoms with van der Waals surface area (Å²) >= 11 is 1.63. The van der Waals surface area contributed by atoms with Crippen LogP contribution in [-0.2, 0) is 6.42 Å². The molecule has 0 spiro atoms. The Hall–Kier alpha value is -1.68. The fourth-order valence-corrected chi connectivity index (χ4v) is 2.19. The lowest BCUT2D eigenvalue weighted by molar-refractivity contribution is 0.0953.